The van der Waals surface area contributed by atoms with Gasteiger partial charge >= 0.3 is 5.97 Å². The summed E-state index contributed by atoms with van der Waals surface area (Å²) in [5.41, 5.74) is -0.860. The largest absolute Gasteiger partial charge is 0.488 e. The molecule has 4 nitrogen and oxygen atoms in total. The minimum absolute atomic E-state index is 0.183. The van der Waals surface area contributed by atoms with Gasteiger partial charge in [-0.05, 0) is 40.0 Å². The molecule has 1 aromatic carbocycles. The minimum Gasteiger partial charge on any atom is -0.488 e. The Kier molecular flexibility index (Phi) is 5.95. The minimum atomic E-state index is -0.860. The van der Waals surface area contributed by atoms with Crippen molar-refractivity contribution >= 4 is 5.97 Å². The lowest BCUT2D eigenvalue weighted by molar-refractivity contribution is -0.151. The number of hydrogen-bond acceptors (Lipinski definition) is 4. The first kappa shape index (κ1) is 16.4. The molecule has 20 heavy (non-hydrogen) atoms. The molecular weight excluding hydrogens is 261 g/mol. The maximum Gasteiger partial charge on any atom is 0.326 e. The van der Waals surface area contributed by atoms with E-state index < -0.39 is 11.4 Å². The first-order chi connectivity index (χ1) is 9.42. The molecule has 5 heteroatoms. The van der Waals surface area contributed by atoms with Crippen molar-refractivity contribution in [2.24, 2.45) is 0 Å². The van der Waals surface area contributed by atoms with Gasteiger partial charge in [-0.2, -0.15) is 0 Å². The second kappa shape index (κ2) is 7.24. The maximum absolute atomic E-state index is 13.5. The molecule has 0 aromatic heterocycles. The number of rotatable bonds is 7. The fourth-order valence-corrected chi connectivity index (χ4v) is 1.95. The summed E-state index contributed by atoms with van der Waals surface area (Å²) < 4.78 is 24.1. The van der Waals surface area contributed by atoms with Gasteiger partial charge in [0.1, 0.15) is 5.54 Å². The standard InChI is InChI=1S/C15H22FNO3/c1-5-19-14(18)15(3,17-4)10-11(2)20-13-9-7-6-8-12(13)16/h6-9,11,17H,5,10H2,1-4H3. The first-order valence-electron chi connectivity index (χ1n) is 6.70. The summed E-state index contributed by atoms with van der Waals surface area (Å²) in [4.78, 5) is 11.9. The van der Waals surface area contributed by atoms with E-state index in [1.807, 2.05) is 0 Å². The van der Waals surface area contributed by atoms with Crippen molar-refractivity contribution in [2.45, 2.75) is 38.8 Å². The van der Waals surface area contributed by atoms with Crippen LogP contribution < -0.4 is 10.1 Å². The van der Waals surface area contributed by atoms with Crippen LogP contribution in [0.15, 0.2) is 24.3 Å². The van der Waals surface area contributed by atoms with Crippen LogP contribution in [0, 0.1) is 5.82 Å². The molecule has 2 unspecified atom stereocenters. The zero-order chi connectivity index (χ0) is 15.2. The molecule has 0 radical (unpaired) electrons. The Balaban J connectivity index is 2.70. The van der Waals surface area contributed by atoms with Crippen molar-refractivity contribution in [3.63, 3.8) is 0 Å². The van der Waals surface area contributed by atoms with E-state index in [0.717, 1.165) is 0 Å². The zero-order valence-corrected chi connectivity index (χ0v) is 12.4. The third kappa shape index (κ3) is 4.20. The van der Waals surface area contributed by atoms with Crippen LogP contribution in [0.3, 0.4) is 0 Å². The van der Waals surface area contributed by atoms with Gasteiger partial charge in [0.25, 0.3) is 0 Å². The molecular formula is C15H22FNO3. The maximum atomic E-state index is 13.5. The third-order valence-electron chi connectivity index (χ3n) is 3.14. The van der Waals surface area contributed by atoms with E-state index in [4.69, 9.17) is 9.47 Å². The van der Waals surface area contributed by atoms with Crippen molar-refractivity contribution in [2.75, 3.05) is 13.7 Å². The number of esters is 1. The lowest BCUT2D eigenvalue weighted by atomic mass is 9.95. The molecule has 0 saturated heterocycles. The highest BCUT2D eigenvalue weighted by molar-refractivity contribution is 5.80. The van der Waals surface area contributed by atoms with E-state index in [-0.39, 0.29) is 17.8 Å². The van der Waals surface area contributed by atoms with E-state index in [9.17, 15) is 9.18 Å². The molecule has 0 heterocycles. The van der Waals surface area contributed by atoms with Crippen LogP contribution in [-0.4, -0.2) is 31.3 Å². The molecule has 0 aliphatic rings. The van der Waals surface area contributed by atoms with Crippen molar-refractivity contribution in [1.29, 1.82) is 0 Å². The number of hydrogen-bond donors (Lipinski definition) is 1. The summed E-state index contributed by atoms with van der Waals surface area (Å²) in [6.07, 6.45) is 0.0326. The van der Waals surface area contributed by atoms with Crippen molar-refractivity contribution in [1.82, 2.24) is 5.32 Å². The highest BCUT2D eigenvalue weighted by Crippen LogP contribution is 2.21. The third-order valence-corrected chi connectivity index (χ3v) is 3.14. The number of nitrogens with one attached hydrogen (secondary N) is 1. The molecule has 0 spiro atoms. The highest BCUT2D eigenvalue weighted by Gasteiger charge is 2.35. The molecule has 2 atom stereocenters. The summed E-state index contributed by atoms with van der Waals surface area (Å²) in [5, 5.41) is 2.95. The number of halogens is 1. The molecule has 0 aliphatic heterocycles. The van der Waals surface area contributed by atoms with E-state index in [1.54, 1.807) is 46.0 Å². The van der Waals surface area contributed by atoms with E-state index in [2.05, 4.69) is 5.32 Å². The van der Waals surface area contributed by atoms with E-state index in [0.29, 0.717) is 13.0 Å². The average molecular weight is 283 g/mol. The topological polar surface area (TPSA) is 47.6 Å². The van der Waals surface area contributed by atoms with Crippen LogP contribution >= 0.6 is 0 Å². The van der Waals surface area contributed by atoms with E-state index in [1.165, 1.54) is 6.07 Å². The number of ether oxygens (including phenoxy) is 2. The van der Waals surface area contributed by atoms with Crippen molar-refractivity contribution < 1.29 is 18.7 Å². The number of benzene rings is 1. The van der Waals surface area contributed by atoms with Crippen LogP contribution in [0.5, 0.6) is 5.75 Å². The number of carbonyl (C=O) groups excluding carboxylic acids is 1. The quantitative estimate of drug-likeness (QED) is 0.781. The SMILES string of the molecule is CCOC(=O)C(C)(CC(C)Oc1ccccc1F)NC. The average Bonchev–Trinajstić information content (AvgIpc) is 2.41. The van der Waals surface area contributed by atoms with Gasteiger partial charge in [-0.3, -0.25) is 4.79 Å². The van der Waals surface area contributed by atoms with Crippen LogP contribution in [0.2, 0.25) is 0 Å². The second-order valence-electron chi connectivity index (χ2n) is 4.87. The number of para-hydroxylation sites is 1. The summed E-state index contributed by atoms with van der Waals surface area (Å²) in [6.45, 7) is 5.61. The lowest BCUT2D eigenvalue weighted by Crippen LogP contribution is -2.51. The Morgan fingerprint density at radius 1 is 1.45 bits per heavy atom. The van der Waals surface area contributed by atoms with Gasteiger partial charge < -0.3 is 14.8 Å². The fourth-order valence-electron chi connectivity index (χ4n) is 1.95. The van der Waals surface area contributed by atoms with Gasteiger partial charge in [0.05, 0.1) is 12.7 Å². The van der Waals surface area contributed by atoms with Gasteiger partial charge in [-0.15, -0.1) is 0 Å². The Hall–Kier alpha value is -1.62. The van der Waals surface area contributed by atoms with Crippen molar-refractivity contribution in [3.8, 4) is 5.75 Å². The Bertz CT molecular complexity index is 452. The number of carbonyl (C=O) groups is 1. The fraction of sp³-hybridized carbons (Fsp3) is 0.533. The predicted octanol–water partition coefficient (Wildman–Crippen LogP) is 2.52. The van der Waals surface area contributed by atoms with Gasteiger partial charge in [0.15, 0.2) is 11.6 Å². The monoisotopic (exact) mass is 283 g/mol. The summed E-state index contributed by atoms with van der Waals surface area (Å²) in [6, 6.07) is 6.20. The van der Waals surface area contributed by atoms with E-state index >= 15 is 0 Å². The summed E-state index contributed by atoms with van der Waals surface area (Å²) in [5.74, 6) is -0.574. The predicted molar refractivity (Wildman–Crippen MR) is 75.2 cm³/mol. The Morgan fingerprint density at radius 2 is 2.10 bits per heavy atom. The van der Waals surface area contributed by atoms with Gasteiger partial charge in [0, 0.05) is 6.42 Å². The smallest absolute Gasteiger partial charge is 0.326 e. The van der Waals surface area contributed by atoms with Crippen LogP contribution in [0.4, 0.5) is 4.39 Å². The van der Waals surface area contributed by atoms with Crippen LogP contribution in [0.1, 0.15) is 27.2 Å². The first-order valence-corrected chi connectivity index (χ1v) is 6.70. The van der Waals surface area contributed by atoms with Gasteiger partial charge in [-0.25, -0.2) is 4.39 Å². The molecule has 1 rings (SSSR count). The lowest BCUT2D eigenvalue weighted by Gasteiger charge is -2.29. The molecule has 112 valence electrons. The summed E-state index contributed by atoms with van der Waals surface area (Å²) >= 11 is 0. The summed E-state index contributed by atoms with van der Waals surface area (Å²) in [7, 11) is 1.69. The van der Waals surface area contributed by atoms with Gasteiger partial charge in [-0.1, -0.05) is 12.1 Å². The normalized spacial score (nSPS) is 15.2. The highest BCUT2D eigenvalue weighted by atomic mass is 19.1. The molecule has 1 N–H and O–H groups in total. The molecule has 1 aromatic rings. The van der Waals surface area contributed by atoms with Crippen molar-refractivity contribution in [3.05, 3.63) is 30.1 Å². The molecule has 0 aliphatic carbocycles. The number of likely N-dealkylation sites (N-methyl/N-ethyl adjacent to an activating group) is 1. The molecule has 0 fully saturated rings. The molecule has 0 saturated carbocycles. The molecule has 0 bridgehead atoms. The Morgan fingerprint density at radius 3 is 2.65 bits per heavy atom. The molecule has 0 amide bonds. The van der Waals surface area contributed by atoms with Crippen LogP contribution in [0.25, 0.3) is 0 Å². The zero-order valence-electron chi connectivity index (χ0n) is 12.4. The van der Waals surface area contributed by atoms with Gasteiger partial charge in [0.2, 0.25) is 0 Å². The van der Waals surface area contributed by atoms with Crippen LogP contribution in [-0.2, 0) is 9.53 Å². The Labute approximate surface area is 119 Å². The second-order valence-corrected chi connectivity index (χ2v) is 4.87.